The van der Waals surface area contributed by atoms with Gasteiger partial charge in [0.05, 0.1) is 18.0 Å². The van der Waals surface area contributed by atoms with Crippen LogP contribution in [0, 0.1) is 0 Å². The molecule has 8 nitrogen and oxygen atoms in total. The Bertz CT molecular complexity index is 1120. The van der Waals surface area contributed by atoms with Crippen LogP contribution in [-0.2, 0) is 9.53 Å². The van der Waals surface area contributed by atoms with Gasteiger partial charge in [-0.15, -0.1) is 0 Å². The lowest BCUT2D eigenvalue weighted by atomic mass is 10.0. The molecule has 4 rings (SSSR count). The van der Waals surface area contributed by atoms with E-state index in [-0.39, 0.29) is 12.0 Å². The number of amides is 2. The Kier molecular flexibility index (Phi) is 7.33. The third-order valence-corrected chi connectivity index (χ3v) is 6.41. The number of nitrogens with zero attached hydrogens (tertiary/aromatic N) is 4. The van der Waals surface area contributed by atoms with Crippen molar-refractivity contribution >= 4 is 52.3 Å². The molecule has 1 atom stereocenters. The Labute approximate surface area is 209 Å². The normalized spacial score (nSPS) is 18.1. The number of anilines is 1. The number of likely N-dealkylation sites (N-methyl/N-ethyl adjacent to an activating group) is 1. The summed E-state index contributed by atoms with van der Waals surface area (Å²) in [5, 5.41) is 4.11. The molecule has 178 valence electrons. The molecular formula is C24H26ClN5O3S. The summed E-state index contributed by atoms with van der Waals surface area (Å²) in [5.74, 6) is -0.234. The van der Waals surface area contributed by atoms with E-state index < -0.39 is 6.17 Å². The molecule has 2 aromatic rings. The minimum Gasteiger partial charge on any atom is -0.450 e. The van der Waals surface area contributed by atoms with Crippen molar-refractivity contribution in [1.82, 2.24) is 15.1 Å². The van der Waals surface area contributed by atoms with E-state index in [0.29, 0.717) is 48.6 Å². The molecule has 0 aromatic heterocycles. The Morgan fingerprint density at radius 3 is 2.50 bits per heavy atom. The van der Waals surface area contributed by atoms with Crippen LogP contribution in [0.4, 0.5) is 10.5 Å². The fourth-order valence-corrected chi connectivity index (χ4v) is 4.45. The van der Waals surface area contributed by atoms with Crippen LogP contribution in [0.15, 0.2) is 53.5 Å². The summed E-state index contributed by atoms with van der Waals surface area (Å²) in [6.07, 6.45) is -1.24. The quantitative estimate of drug-likeness (QED) is 0.654. The number of benzodiazepines with no additional fused rings is 1. The number of carbonyl (C=O) groups excluding carboxylic acids is 2. The Hall–Kier alpha value is -3.17. The number of thiocarbonyl (C=S) groups is 1. The number of hydrogen-bond donors (Lipinski definition) is 1. The van der Waals surface area contributed by atoms with Crippen LogP contribution in [0.5, 0.6) is 0 Å². The lowest BCUT2D eigenvalue weighted by molar-refractivity contribution is -0.119. The number of hydrogen-bond acceptors (Lipinski definition) is 5. The molecule has 0 spiro atoms. The number of fused-ring (bicyclic) bond motifs is 1. The third-order valence-electron chi connectivity index (χ3n) is 5.80. The summed E-state index contributed by atoms with van der Waals surface area (Å²) >= 11 is 11.9. The third kappa shape index (κ3) is 5.00. The second-order valence-electron chi connectivity index (χ2n) is 7.93. The lowest BCUT2D eigenvalue weighted by Gasteiger charge is -2.36. The predicted octanol–water partition coefficient (Wildman–Crippen LogP) is 3.13. The van der Waals surface area contributed by atoms with Crippen molar-refractivity contribution in [3.63, 3.8) is 0 Å². The van der Waals surface area contributed by atoms with Gasteiger partial charge in [0, 0.05) is 49.4 Å². The first kappa shape index (κ1) is 24.0. The van der Waals surface area contributed by atoms with Gasteiger partial charge in [-0.1, -0.05) is 41.9 Å². The second-order valence-corrected chi connectivity index (χ2v) is 8.75. The fraction of sp³-hybridized carbons (Fsp3) is 0.333. The summed E-state index contributed by atoms with van der Waals surface area (Å²) in [4.78, 5) is 35.3. The van der Waals surface area contributed by atoms with Crippen molar-refractivity contribution in [2.24, 2.45) is 4.99 Å². The smallest absolute Gasteiger partial charge is 0.409 e. The van der Waals surface area contributed by atoms with Crippen molar-refractivity contribution in [2.45, 2.75) is 13.1 Å². The average Bonchev–Trinajstić information content (AvgIpc) is 2.95. The van der Waals surface area contributed by atoms with Crippen molar-refractivity contribution in [3.8, 4) is 0 Å². The first-order chi connectivity index (χ1) is 16.4. The molecule has 10 heteroatoms. The molecule has 2 aliphatic heterocycles. The predicted molar refractivity (Wildman–Crippen MR) is 137 cm³/mol. The zero-order valence-corrected chi connectivity index (χ0v) is 20.6. The number of rotatable bonds is 3. The van der Waals surface area contributed by atoms with Crippen LogP contribution in [-0.4, -0.2) is 78.6 Å². The number of ether oxygens (including phenoxy) is 1. The summed E-state index contributed by atoms with van der Waals surface area (Å²) in [6, 6.07) is 15.1. The van der Waals surface area contributed by atoms with Crippen LogP contribution in [0.3, 0.4) is 0 Å². The Morgan fingerprint density at radius 2 is 1.82 bits per heavy atom. The number of piperazine rings is 1. The largest absolute Gasteiger partial charge is 0.450 e. The summed E-state index contributed by atoms with van der Waals surface area (Å²) in [5.41, 5.74) is 3.02. The maximum Gasteiger partial charge on any atom is 0.409 e. The van der Waals surface area contributed by atoms with Gasteiger partial charge >= 0.3 is 6.09 Å². The summed E-state index contributed by atoms with van der Waals surface area (Å²) < 4.78 is 5.07. The molecule has 1 saturated heterocycles. The molecule has 2 aliphatic rings. The van der Waals surface area contributed by atoms with E-state index in [4.69, 9.17) is 33.5 Å². The molecule has 2 aromatic carbocycles. The minimum atomic E-state index is -0.915. The average molecular weight is 500 g/mol. The molecule has 0 radical (unpaired) electrons. The highest BCUT2D eigenvalue weighted by Gasteiger charge is 2.32. The van der Waals surface area contributed by atoms with E-state index in [9.17, 15) is 9.59 Å². The Balaban J connectivity index is 1.58. The maximum atomic E-state index is 13.4. The van der Waals surface area contributed by atoms with Gasteiger partial charge in [-0.25, -0.2) is 9.79 Å². The molecular weight excluding hydrogens is 474 g/mol. The van der Waals surface area contributed by atoms with Crippen molar-refractivity contribution in [3.05, 3.63) is 64.7 Å². The highest BCUT2D eigenvalue weighted by Crippen LogP contribution is 2.30. The Morgan fingerprint density at radius 1 is 1.15 bits per heavy atom. The van der Waals surface area contributed by atoms with E-state index in [1.807, 2.05) is 47.4 Å². The van der Waals surface area contributed by atoms with E-state index in [2.05, 4.69) is 5.32 Å². The minimum absolute atomic E-state index is 0.234. The van der Waals surface area contributed by atoms with Gasteiger partial charge in [-0.2, -0.15) is 0 Å². The highest BCUT2D eigenvalue weighted by atomic mass is 35.5. The molecule has 1 unspecified atom stereocenters. The molecule has 2 heterocycles. The van der Waals surface area contributed by atoms with E-state index in [1.54, 1.807) is 29.8 Å². The summed E-state index contributed by atoms with van der Waals surface area (Å²) in [6.45, 7) is 4.17. The van der Waals surface area contributed by atoms with E-state index >= 15 is 0 Å². The van der Waals surface area contributed by atoms with Gasteiger partial charge in [0.2, 0.25) is 6.17 Å². The van der Waals surface area contributed by atoms with E-state index in [1.165, 1.54) is 0 Å². The molecule has 0 saturated carbocycles. The number of aliphatic imine (C=N–C) groups is 1. The van der Waals surface area contributed by atoms with Gasteiger partial charge in [0.25, 0.3) is 5.91 Å². The van der Waals surface area contributed by atoms with Gasteiger partial charge in [-0.05, 0) is 37.3 Å². The van der Waals surface area contributed by atoms with Crippen LogP contribution in [0.1, 0.15) is 18.1 Å². The molecule has 2 amide bonds. The topological polar surface area (TPSA) is 77.5 Å². The molecule has 0 bridgehead atoms. The van der Waals surface area contributed by atoms with Crippen LogP contribution in [0.25, 0.3) is 0 Å². The zero-order chi connectivity index (χ0) is 24.2. The first-order valence-corrected chi connectivity index (χ1v) is 11.9. The first-order valence-electron chi connectivity index (χ1n) is 11.1. The monoisotopic (exact) mass is 499 g/mol. The molecule has 1 fully saturated rings. The SMILES string of the molecule is CCOC(=O)N1CCN(C(=S)NC2N=C(c3ccccc3)c3cc(Cl)ccc3N(C)C2=O)CC1. The van der Waals surface area contributed by atoms with Crippen LogP contribution in [0.2, 0.25) is 5.02 Å². The van der Waals surface area contributed by atoms with Crippen molar-refractivity contribution in [2.75, 3.05) is 44.7 Å². The maximum absolute atomic E-state index is 13.4. The number of halogens is 1. The number of carbonyl (C=O) groups is 2. The summed E-state index contributed by atoms with van der Waals surface area (Å²) in [7, 11) is 1.72. The van der Waals surface area contributed by atoms with Crippen LogP contribution < -0.4 is 10.2 Å². The van der Waals surface area contributed by atoms with Crippen LogP contribution >= 0.6 is 23.8 Å². The van der Waals surface area contributed by atoms with E-state index in [0.717, 1.165) is 16.8 Å². The van der Waals surface area contributed by atoms with Gasteiger partial charge in [0.15, 0.2) is 5.11 Å². The van der Waals surface area contributed by atoms with Crippen molar-refractivity contribution in [1.29, 1.82) is 0 Å². The standard InChI is InChI=1S/C24H26ClN5O3S/c1-3-33-24(32)30-13-11-29(12-14-30)23(34)27-21-22(31)28(2)19-10-9-17(25)15-18(19)20(26-21)16-7-5-4-6-8-16/h4-10,15,21H,3,11-14H2,1-2H3,(H,27,34). The second kappa shape index (κ2) is 10.4. The number of benzene rings is 2. The fourth-order valence-electron chi connectivity index (χ4n) is 3.98. The van der Waals surface area contributed by atoms with Crippen molar-refractivity contribution < 1.29 is 14.3 Å². The molecule has 0 aliphatic carbocycles. The van der Waals surface area contributed by atoms with Gasteiger partial charge in [-0.3, -0.25) is 4.79 Å². The molecule has 34 heavy (non-hydrogen) atoms. The lowest BCUT2D eigenvalue weighted by Crippen LogP contribution is -2.56. The zero-order valence-electron chi connectivity index (χ0n) is 19.0. The highest BCUT2D eigenvalue weighted by molar-refractivity contribution is 7.80. The number of nitrogens with one attached hydrogen (secondary N) is 1. The molecule has 1 N–H and O–H groups in total. The van der Waals surface area contributed by atoms with Gasteiger partial charge < -0.3 is 24.8 Å². The van der Waals surface area contributed by atoms with Gasteiger partial charge in [0.1, 0.15) is 0 Å².